The quantitative estimate of drug-likeness (QED) is 0.253. The molecule has 2 aromatic heterocycles. The highest BCUT2D eigenvalue weighted by molar-refractivity contribution is 6.05. The summed E-state index contributed by atoms with van der Waals surface area (Å²) < 4.78 is 1.51. The smallest absolute Gasteiger partial charge is 0.201 e. The Hall–Kier alpha value is -2.90. The molecule has 7 heteroatoms. The number of hydrogen-bond donors (Lipinski definition) is 4. The average molecular weight is 325 g/mol. The maximum absolute atomic E-state index is 12.8. The lowest BCUT2D eigenvalue weighted by Crippen LogP contribution is -2.17. The molecule has 0 unspecified atom stereocenters. The van der Waals surface area contributed by atoms with Crippen LogP contribution in [-0.2, 0) is 6.54 Å². The molecule has 0 saturated heterocycles. The normalized spacial score (nSPS) is 11.9. The summed E-state index contributed by atoms with van der Waals surface area (Å²) in [6.45, 7) is 0.853. The van der Waals surface area contributed by atoms with Crippen molar-refractivity contribution in [2.45, 2.75) is 6.54 Å². The number of para-hydroxylation sites is 1. The molecule has 4 rings (SSSR count). The summed E-state index contributed by atoms with van der Waals surface area (Å²) >= 11 is 0. The third-order valence-corrected chi connectivity index (χ3v) is 4.18. The predicted octanol–water partition coefficient (Wildman–Crippen LogP) is 0.932. The van der Waals surface area contributed by atoms with Gasteiger partial charge in [-0.25, -0.2) is 4.52 Å². The Morgan fingerprint density at radius 1 is 1.04 bits per heavy atom. The second-order valence-electron chi connectivity index (χ2n) is 5.62. The molecule has 2 aromatic carbocycles. The molecule has 0 aliphatic rings. The molecule has 0 saturated carbocycles. The second-order valence-corrected chi connectivity index (χ2v) is 5.62. The van der Waals surface area contributed by atoms with Gasteiger partial charge in [-0.2, -0.15) is 5.10 Å². The molecule has 0 spiro atoms. The van der Waals surface area contributed by atoms with Gasteiger partial charge in [0, 0.05) is 23.9 Å². The van der Waals surface area contributed by atoms with Crippen LogP contribution in [-0.4, -0.2) is 38.1 Å². The zero-order valence-electron chi connectivity index (χ0n) is 12.7. The largest absolute Gasteiger partial charge is 0.507 e. The van der Waals surface area contributed by atoms with Crippen molar-refractivity contribution in [1.29, 1.82) is 0 Å². The van der Waals surface area contributed by atoms with Gasteiger partial charge in [0.15, 0.2) is 0 Å². The summed E-state index contributed by atoms with van der Waals surface area (Å²) in [5.41, 5.74) is 1.16. The van der Waals surface area contributed by atoms with Crippen molar-refractivity contribution >= 4 is 27.2 Å². The van der Waals surface area contributed by atoms with E-state index in [9.17, 15) is 15.0 Å². The Bertz CT molecular complexity index is 1120. The lowest BCUT2D eigenvalue weighted by molar-refractivity contribution is 0.291. The molecule has 4 aromatic rings. The van der Waals surface area contributed by atoms with E-state index >= 15 is 0 Å². The molecule has 0 radical (unpaired) electrons. The zero-order chi connectivity index (χ0) is 16.8. The van der Waals surface area contributed by atoms with Crippen LogP contribution in [0.5, 0.6) is 11.5 Å². The number of aromatic hydroxyl groups is 2. The Kier molecular flexibility index (Phi) is 3.26. The van der Waals surface area contributed by atoms with Crippen LogP contribution in [0.3, 0.4) is 0 Å². The fraction of sp³-hybridized carbons (Fsp3) is 0.176. The van der Waals surface area contributed by atoms with Gasteiger partial charge in [-0.1, -0.05) is 12.1 Å². The summed E-state index contributed by atoms with van der Waals surface area (Å²) in [4.78, 5) is 12.8. The summed E-state index contributed by atoms with van der Waals surface area (Å²) in [6, 6.07) is 7.94. The minimum Gasteiger partial charge on any atom is -0.507 e. The van der Waals surface area contributed by atoms with Gasteiger partial charge in [-0.05, 0) is 18.2 Å². The lowest BCUT2D eigenvalue weighted by atomic mass is 10.1. The minimum absolute atomic E-state index is 0.0138. The van der Waals surface area contributed by atoms with E-state index in [1.54, 1.807) is 12.1 Å². The number of phenolic OH excluding ortho intramolecular Hbond substituents is 2. The second kappa shape index (κ2) is 5.33. The van der Waals surface area contributed by atoms with Crippen LogP contribution in [0.2, 0.25) is 0 Å². The van der Waals surface area contributed by atoms with Crippen LogP contribution in [0.25, 0.3) is 27.2 Å². The number of phenols is 2. The third-order valence-electron chi connectivity index (χ3n) is 4.18. The fourth-order valence-corrected chi connectivity index (χ4v) is 3.13. The number of aliphatic hydroxyl groups is 1. The molecule has 0 fully saturated rings. The number of nitrogens with zero attached hydrogens (tertiary/aromatic N) is 2. The van der Waals surface area contributed by atoms with Crippen LogP contribution >= 0.6 is 0 Å². The number of rotatable bonds is 4. The summed E-state index contributed by atoms with van der Waals surface area (Å²) in [5.74, 6) is -0.309. The number of hydrogen-bond acceptors (Lipinski definition) is 6. The number of pyridine rings is 1. The molecular formula is C17H15N3O4. The first-order valence-corrected chi connectivity index (χ1v) is 7.55. The first-order chi connectivity index (χ1) is 11.6. The van der Waals surface area contributed by atoms with Crippen LogP contribution in [0.15, 0.2) is 35.1 Å². The molecule has 24 heavy (non-hydrogen) atoms. The Morgan fingerprint density at radius 2 is 1.79 bits per heavy atom. The van der Waals surface area contributed by atoms with Crippen molar-refractivity contribution in [3.05, 3.63) is 46.2 Å². The topological polar surface area (TPSA) is 107 Å². The fourth-order valence-electron chi connectivity index (χ4n) is 3.13. The summed E-state index contributed by atoms with van der Waals surface area (Å²) in [6.07, 6.45) is 0. The monoisotopic (exact) mass is 325 g/mol. The predicted molar refractivity (Wildman–Crippen MR) is 89.8 cm³/mol. The van der Waals surface area contributed by atoms with E-state index in [1.165, 1.54) is 16.6 Å². The van der Waals surface area contributed by atoms with Crippen molar-refractivity contribution in [2.75, 3.05) is 13.2 Å². The molecule has 4 N–H and O–H groups in total. The highest BCUT2D eigenvalue weighted by atomic mass is 16.3. The third kappa shape index (κ3) is 1.92. The van der Waals surface area contributed by atoms with Gasteiger partial charge in [-0.3, -0.25) is 4.79 Å². The van der Waals surface area contributed by atoms with Gasteiger partial charge in [0.05, 0.1) is 23.2 Å². The number of benzene rings is 2. The number of aromatic nitrogens is 2. The van der Waals surface area contributed by atoms with Gasteiger partial charge in [0.1, 0.15) is 17.0 Å². The van der Waals surface area contributed by atoms with Crippen molar-refractivity contribution < 1.29 is 15.3 Å². The van der Waals surface area contributed by atoms with Crippen LogP contribution < -0.4 is 10.7 Å². The minimum atomic E-state index is -0.341. The molecule has 0 aliphatic carbocycles. The van der Waals surface area contributed by atoms with E-state index in [1.807, 2.05) is 6.07 Å². The summed E-state index contributed by atoms with van der Waals surface area (Å²) in [7, 11) is 0. The van der Waals surface area contributed by atoms with E-state index < -0.39 is 0 Å². The van der Waals surface area contributed by atoms with Crippen molar-refractivity contribution in [3.63, 3.8) is 0 Å². The maximum atomic E-state index is 12.8. The van der Waals surface area contributed by atoms with E-state index in [0.717, 1.165) is 5.39 Å². The number of fused-ring (bicyclic) bond motifs is 2. The molecule has 2 heterocycles. The van der Waals surface area contributed by atoms with Crippen LogP contribution in [0.4, 0.5) is 0 Å². The molecule has 7 nitrogen and oxygen atoms in total. The molecule has 0 amide bonds. The van der Waals surface area contributed by atoms with Crippen molar-refractivity contribution in [3.8, 4) is 11.5 Å². The average Bonchev–Trinajstić information content (AvgIpc) is 2.95. The molecule has 0 bridgehead atoms. The van der Waals surface area contributed by atoms with Crippen molar-refractivity contribution in [2.24, 2.45) is 0 Å². The van der Waals surface area contributed by atoms with Gasteiger partial charge >= 0.3 is 0 Å². The van der Waals surface area contributed by atoms with Gasteiger partial charge in [0.25, 0.3) is 0 Å². The van der Waals surface area contributed by atoms with E-state index in [2.05, 4.69) is 10.4 Å². The molecule has 122 valence electrons. The highest BCUT2D eigenvalue weighted by Gasteiger charge is 2.20. The Labute approximate surface area is 135 Å². The molecular weight excluding hydrogens is 310 g/mol. The maximum Gasteiger partial charge on any atom is 0.201 e. The van der Waals surface area contributed by atoms with E-state index in [0.29, 0.717) is 29.7 Å². The molecule has 0 aliphatic heterocycles. The van der Waals surface area contributed by atoms with E-state index in [-0.39, 0.29) is 34.4 Å². The van der Waals surface area contributed by atoms with Crippen LogP contribution in [0.1, 0.15) is 5.69 Å². The number of aliphatic hydroxyl groups excluding tert-OH is 1. The Balaban J connectivity index is 2.15. The Morgan fingerprint density at radius 3 is 2.58 bits per heavy atom. The van der Waals surface area contributed by atoms with Gasteiger partial charge < -0.3 is 20.6 Å². The zero-order valence-corrected chi connectivity index (χ0v) is 12.7. The van der Waals surface area contributed by atoms with Gasteiger partial charge in [0.2, 0.25) is 5.43 Å². The summed E-state index contributed by atoms with van der Waals surface area (Å²) in [5, 5.41) is 38.1. The van der Waals surface area contributed by atoms with E-state index in [4.69, 9.17) is 5.11 Å². The van der Waals surface area contributed by atoms with Gasteiger partial charge in [-0.15, -0.1) is 0 Å². The molecule has 0 atom stereocenters. The van der Waals surface area contributed by atoms with Crippen LogP contribution in [0, 0.1) is 0 Å². The standard InChI is InChI=1S/C17H15N3O4/c21-7-6-18-8-11-9-2-1-3-10-15(9)20(19-11)16-13(23)5-4-12(22)14(16)17(10)24/h1-5,18,21-23H,6-8H2. The number of nitrogens with one attached hydrogen (secondary N) is 1. The first-order valence-electron chi connectivity index (χ1n) is 7.55. The SMILES string of the molecule is O=c1c2cccc3c(CNCCO)nn(c4c(O)ccc(O)c14)c32. The highest BCUT2D eigenvalue weighted by Crippen LogP contribution is 2.33. The lowest BCUT2D eigenvalue weighted by Gasteiger charge is -2.07. The van der Waals surface area contributed by atoms with Crippen molar-refractivity contribution in [1.82, 2.24) is 14.9 Å². The first kappa shape index (κ1) is 14.7.